The molecule has 0 unspecified atom stereocenters. The van der Waals surface area contributed by atoms with Crippen molar-refractivity contribution in [3.05, 3.63) is 29.3 Å². The lowest BCUT2D eigenvalue weighted by atomic mass is 9.93. The van der Waals surface area contributed by atoms with Crippen LogP contribution in [0.5, 0.6) is 0 Å². The summed E-state index contributed by atoms with van der Waals surface area (Å²) in [5.74, 6) is 1.54. The first-order valence-corrected chi connectivity index (χ1v) is 8.05. The largest absolute Gasteiger partial charge is 0.326 e. The molecule has 2 N–H and O–H groups in total. The number of hydrogen-bond donors (Lipinski definition) is 2. The van der Waals surface area contributed by atoms with Crippen LogP contribution in [0, 0.1) is 11.8 Å². The van der Waals surface area contributed by atoms with Crippen LogP contribution in [0.25, 0.3) is 0 Å². The third-order valence-corrected chi connectivity index (χ3v) is 4.48. The number of anilines is 1. The lowest BCUT2D eigenvalue weighted by Crippen LogP contribution is -2.28. The average Bonchev–Trinajstić information content (AvgIpc) is 2.85. The van der Waals surface area contributed by atoms with E-state index >= 15 is 0 Å². The maximum Gasteiger partial charge on any atom is 0.229 e. The molecule has 1 saturated heterocycles. The highest BCUT2D eigenvalue weighted by Gasteiger charge is 2.29. The minimum Gasteiger partial charge on any atom is -0.326 e. The Morgan fingerprint density at radius 2 is 1.90 bits per heavy atom. The molecule has 1 aliphatic rings. The normalized spacial score (nSPS) is 22.0. The molecule has 1 aliphatic heterocycles. The van der Waals surface area contributed by atoms with E-state index in [9.17, 15) is 4.79 Å². The summed E-state index contributed by atoms with van der Waals surface area (Å²) in [7, 11) is 0. The summed E-state index contributed by atoms with van der Waals surface area (Å²) in [6.07, 6.45) is 0. The van der Waals surface area contributed by atoms with Crippen molar-refractivity contribution in [3.8, 4) is 0 Å². The van der Waals surface area contributed by atoms with Crippen molar-refractivity contribution in [1.82, 2.24) is 5.32 Å². The molecule has 1 fully saturated rings. The number of carbonyl (C=O) groups excluding carboxylic acids is 1. The highest BCUT2D eigenvalue weighted by molar-refractivity contribution is 5.94. The van der Waals surface area contributed by atoms with Crippen molar-refractivity contribution >= 4 is 11.6 Å². The van der Waals surface area contributed by atoms with Gasteiger partial charge in [-0.2, -0.15) is 0 Å². The van der Waals surface area contributed by atoms with E-state index < -0.39 is 0 Å². The zero-order chi connectivity index (χ0) is 15.6. The molecule has 2 atom stereocenters. The van der Waals surface area contributed by atoms with Gasteiger partial charge in [0.05, 0.1) is 5.92 Å². The van der Waals surface area contributed by atoms with E-state index in [0.29, 0.717) is 17.8 Å². The standard InChI is InChI=1S/C18H28N2O/c1-11(2)14-6-7-17(15(8-14)12(3)4)20-18(21)16-10-19-9-13(16)5/h6-8,11-13,16,19H,9-10H2,1-5H3,(H,20,21)/t13-,16-/m1/s1. The highest BCUT2D eigenvalue weighted by atomic mass is 16.1. The Hall–Kier alpha value is -1.35. The first-order chi connectivity index (χ1) is 9.90. The molecule has 0 aliphatic carbocycles. The van der Waals surface area contributed by atoms with Crippen molar-refractivity contribution in [1.29, 1.82) is 0 Å². The maximum absolute atomic E-state index is 12.5. The van der Waals surface area contributed by atoms with Gasteiger partial charge in [0.2, 0.25) is 5.91 Å². The number of rotatable bonds is 4. The summed E-state index contributed by atoms with van der Waals surface area (Å²) >= 11 is 0. The molecule has 1 heterocycles. The molecule has 0 bridgehead atoms. The molecule has 3 heteroatoms. The second kappa shape index (κ2) is 6.61. The first kappa shape index (κ1) is 16.0. The lowest BCUT2D eigenvalue weighted by molar-refractivity contribution is -0.120. The van der Waals surface area contributed by atoms with Crippen molar-refractivity contribution < 1.29 is 4.79 Å². The fourth-order valence-electron chi connectivity index (χ4n) is 2.92. The van der Waals surface area contributed by atoms with Gasteiger partial charge in [0.1, 0.15) is 0 Å². The van der Waals surface area contributed by atoms with Crippen LogP contribution in [0.15, 0.2) is 18.2 Å². The van der Waals surface area contributed by atoms with Gasteiger partial charge in [-0.3, -0.25) is 4.79 Å². The SMILES string of the molecule is CC(C)c1ccc(NC(=O)[C@@H]2CNC[C@H]2C)c(C(C)C)c1. The molecule has 21 heavy (non-hydrogen) atoms. The van der Waals surface area contributed by atoms with Crippen molar-refractivity contribution in [3.63, 3.8) is 0 Å². The fourth-order valence-corrected chi connectivity index (χ4v) is 2.92. The number of carbonyl (C=O) groups is 1. The van der Waals surface area contributed by atoms with Gasteiger partial charge in [0.15, 0.2) is 0 Å². The predicted octanol–water partition coefficient (Wildman–Crippen LogP) is 3.73. The second-order valence-corrected chi connectivity index (χ2v) is 6.89. The Morgan fingerprint density at radius 1 is 1.19 bits per heavy atom. The highest BCUT2D eigenvalue weighted by Crippen LogP contribution is 2.29. The van der Waals surface area contributed by atoms with Crippen LogP contribution in [-0.2, 0) is 4.79 Å². The third-order valence-electron chi connectivity index (χ3n) is 4.48. The molecule has 0 spiro atoms. The minimum absolute atomic E-state index is 0.0785. The van der Waals surface area contributed by atoms with Gasteiger partial charge in [0.25, 0.3) is 0 Å². The zero-order valence-corrected chi connectivity index (χ0v) is 13.9. The number of nitrogens with one attached hydrogen (secondary N) is 2. The molecule has 0 radical (unpaired) electrons. The molecular weight excluding hydrogens is 260 g/mol. The van der Waals surface area contributed by atoms with Crippen LogP contribution in [-0.4, -0.2) is 19.0 Å². The molecule has 0 saturated carbocycles. The van der Waals surface area contributed by atoms with Crippen LogP contribution in [0.3, 0.4) is 0 Å². The van der Waals surface area contributed by atoms with Gasteiger partial charge in [0, 0.05) is 12.2 Å². The van der Waals surface area contributed by atoms with Gasteiger partial charge in [-0.15, -0.1) is 0 Å². The van der Waals surface area contributed by atoms with Gasteiger partial charge in [-0.25, -0.2) is 0 Å². The lowest BCUT2D eigenvalue weighted by Gasteiger charge is -2.19. The molecule has 1 aromatic rings. The summed E-state index contributed by atoms with van der Waals surface area (Å²) < 4.78 is 0. The second-order valence-electron chi connectivity index (χ2n) is 6.89. The van der Waals surface area contributed by atoms with Crippen LogP contribution in [0.1, 0.15) is 57.6 Å². The van der Waals surface area contributed by atoms with Gasteiger partial charge in [-0.05, 0) is 41.5 Å². The molecule has 116 valence electrons. The number of benzene rings is 1. The number of hydrogen-bond acceptors (Lipinski definition) is 2. The summed E-state index contributed by atoms with van der Waals surface area (Å²) in [4.78, 5) is 12.5. The molecule has 1 aromatic carbocycles. The van der Waals surface area contributed by atoms with Crippen LogP contribution >= 0.6 is 0 Å². The first-order valence-electron chi connectivity index (χ1n) is 8.05. The van der Waals surface area contributed by atoms with Gasteiger partial charge in [-0.1, -0.05) is 46.8 Å². The van der Waals surface area contributed by atoms with Gasteiger partial charge < -0.3 is 10.6 Å². The summed E-state index contributed by atoms with van der Waals surface area (Å²) in [5.41, 5.74) is 3.53. The van der Waals surface area contributed by atoms with E-state index in [1.165, 1.54) is 11.1 Å². The van der Waals surface area contributed by atoms with Crippen LogP contribution in [0.2, 0.25) is 0 Å². The number of amides is 1. The molecule has 0 aromatic heterocycles. The van der Waals surface area contributed by atoms with E-state index in [0.717, 1.165) is 18.8 Å². The van der Waals surface area contributed by atoms with E-state index in [2.05, 4.69) is 63.5 Å². The van der Waals surface area contributed by atoms with Crippen molar-refractivity contribution in [2.45, 2.75) is 46.5 Å². The maximum atomic E-state index is 12.5. The van der Waals surface area contributed by atoms with Crippen LogP contribution in [0.4, 0.5) is 5.69 Å². The summed E-state index contributed by atoms with van der Waals surface area (Å²) in [5, 5.41) is 6.44. The Morgan fingerprint density at radius 3 is 2.43 bits per heavy atom. The average molecular weight is 288 g/mol. The van der Waals surface area contributed by atoms with Crippen molar-refractivity contribution in [2.75, 3.05) is 18.4 Å². The zero-order valence-electron chi connectivity index (χ0n) is 13.9. The summed E-state index contributed by atoms with van der Waals surface area (Å²) in [6, 6.07) is 6.43. The van der Waals surface area contributed by atoms with Crippen LogP contribution < -0.4 is 10.6 Å². The molecule has 1 amide bonds. The Labute approximate surface area is 128 Å². The minimum atomic E-state index is 0.0785. The Balaban J connectivity index is 2.21. The Kier molecular flexibility index (Phi) is 5.04. The fraction of sp³-hybridized carbons (Fsp3) is 0.611. The smallest absolute Gasteiger partial charge is 0.229 e. The molecule has 2 rings (SSSR count). The molecule has 3 nitrogen and oxygen atoms in total. The Bertz CT molecular complexity index is 508. The monoisotopic (exact) mass is 288 g/mol. The van der Waals surface area contributed by atoms with E-state index in [1.54, 1.807) is 0 Å². The topological polar surface area (TPSA) is 41.1 Å². The quantitative estimate of drug-likeness (QED) is 0.886. The van der Waals surface area contributed by atoms with E-state index in [1.807, 2.05) is 0 Å². The van der Waals surface area contributed by atoms with E-state index in [-0.39, 0.29) is 11.8 Å². The predicted molar refractivity (Wildman–Crippen MR) is 88.8 cm³/mol. The summed E-state index contributed by atoms with van der Waals surface area (Å²) in [6.45, 7) is 12.6. The van der Waals surface area contributed by atoms with E-state index in [4.69, 9.17) is 0 Å². The third kappa shape index (κ3) is 3.65. The molecular formula is C18H28N2O. The van der Waals surface area contributed by atoms with Crippen molar-refractivity contribution in [2.24, 2.45) is 11.8 Å². The van der Waals surface area contributed by atoms with Gasteiger partial charge >= 0.3 is 0 Å².